The summed E-state index contributed by atoms with van der Waals surface area (Å²) in [4.78, 5) is 32.6. The lowest BCUT2D eigenvalue weighted by molar-refractivity contribution is -0.142. The first-order valence-electron chi connectivity index (χ1n) is 16.1. The molecule has 0 amide bonds. The molecule has 43 heavy (non-hydrogen) atoms. The molecule has 240 valence electrons. The average Bonchev–Trinajstić information content (AvgIpc) is 3.63. The van der Waals surface area contributed by atoms with Crippen LogP contribution >= 0.6 is 23.4 Å². The van der Waals surface area contributed by atoms with Crippen molar-refractivity contribution in [1.82, 2.24) is 19.8 Å². The Balaban J connectivity index is 1.12. The summed E-state index contributed by atoms with van der Waals surface area (Å²) in [5, 5.41) is 13.7. The number of nitrogens with one attached hydrogen (secondary N) is 1. The van der Waals surface area contributed by atoms with Crippen molar-refractivity contribution in [1.29, 1.82) is 0 Å². The predicted octanol–water partition coefficient (Wildman–Crippen LogP) is 3.97. The summed E-state index contributed by atoms with van der Waals surface area (Å²) in [6.07, 6.45) is 3.90. The molecule has 3 aliphatic heterocycles. The Bertz CT molecular complexity index is 1240. The van der Waals surface area contributed by atoms with Gasteiger partial charge < -0.3 is 15.2 Å². The minimum atomic E-state index is -2.29. The lowest BCUT2D eigenvalue weighted by Gasteiger charge is -2.47. The first kappa shape index (κ1) is 31.7. The van der Waals surface area contributed by atoms with Crippen LogP contribution in [0.1, 0.15) is 62.5 Å². The number of aliphatic carboxylic acids is 1. The Morgan fingerprint density at radius 2 is 2.05 bits per heavy atom. The number of piperidine rings is 1. The summed E-state index contributed by atoms with van der Waals surface area (Å²) in [6.45, 7) is 5.87. The van der Waals surface area contributed by atoms with E-state index in [0.29, 0.717) is 63.0 Å². The van der Waals surface area contributed by atoms with Gasteiger partial charge in [-0.25, -0.2) is 13.8 Å². The Labute approximate surface area is 261 Å². The maximum absolute atomic E-state index is 13.7. The fraction of sp³-hybridized carbons (Fsp3) is 0.839. The molecular formula is C31H45ClF2N4O4S. The number of aromatic nitrogens is 2. The highest BCUT2D eigenvalue weighted by molar-refractivity contribution is 8.00. The fourth-order valence-corrected chi connectivity index (χ4v) is 10.8. The van der Waals surface area contributed by atoms with E-state index in [0.717, 1.165) is 43.4 Å². The number of carboxylic acids is 1. The lowest BCUT2D eigenvalue weighted by atomic mass is 9.70. The number of aryl methyl sites for hydroxylation is 2. The van der Waals surface area contributed by atoms with E-state index in [1.807, 2.05) is 6.92 Å². The standard InChI is InChI=1S/C31H45ClF2N4O4S/c1-16-11-22(28-27(35-16)24(15-43-28)31(40)41)21-12-19(32)3-6-26(21)42-10-9-38-17(2)36-25-5-4-20(13-23(25)30(38)39)37-8-7-18(14-37)29(33)34/h16,18-22,24,26-29,35H,3-15H2,1-2H3,(H,40,41)/t16?,18-,19?,20+,21?,22?,24?,26?,27?,28?/m0/s1. The number of carbonyl (C=O) groups is 1. The molecule has 3 saturated heterocycles. The molecule has 1 saturated carbocycles. The minimum absolute atomic E-state index is 0.0133. The highest BCUT2D eigenvalue weighted by Gasteiger charge is 2.51. The van der Waals surface area contributed by atoms with E-state index in [1.165, 1.54) is 0 Å². The number of nitrogens with zero attached hydrogens (tertiary/aromatic N) is 3. The molecule has 12 heteroatoms. The van der Waals surface area contributed by atoms with E-state index in [4.69, 9.17) is 21.3 Å². The van der Waals surface area contributed by atoms with Crippen molar-refractivity contribution in [2.24, 2.45) is 23.7 Å². The zero-order valence-electron chi connectivity index (χ0n) is 25.1. The maximum atomic E-state index is 13.7. The normalized spacial score (nSPS) is 38.3. The van der Waals surface area contributed by atoms with Gasteiger partial charge in [0.1, 0.15) is 5.82 Å². The molecule has 10 atom stereocenters. The van der Waals surface area contributed by atoms with E-state index >= 15 is 0 Å². The van der Waals surface area contributed by atoms with Gasteiger partial charge in [0.15, 0.2) is 0 Å². The zero-order valence-corrected chi connectivity index (χ0v) is 26.7. The van der Waals surface area contributed by atoms with Crippen molar-refractivity contribution in [3.63, 3.8) is 0 Å². The van der Waals surface area contributed by atoms with Gasteiger partial charge in [-0.2, -0.15) is 11.8 Å². The number of likely N-dealkylation sites (tertiary alicyclic amines) is 1. The van der Waals surface area contributed by atoms with Crippen molar-refractivity contribution in [3.05, 3.63) is 27.4 Å². The number of ether oxygens (including phenoxy) is 1. The van der Waals surface area contributed by atoms with Crippen LogP contribution in [-0.4, -0.2) is 92.3 Å². The Hall–Kier alpha value is -1.27. The maximum Gasteiger partial charge on any atom is 0.308 e. The monoisotopic (exact) mass is 642 g/mol. The number of carboxylic acid groups (broad SMARTS) is 1. The van der Waals surface area contributed by atoms with Crippen LogP contribution < -0.4 is 10.9 Å². The van der Waals surface area contributed by atoms with Crippen LogP contribution in [0.5, 0.6) is 0 Å². The number of hydrogen-bond acceptors (Lipinski definition) is 7. The van der Waals surface area contributed by atoms with Crippen molar-refractivity contribution >= 4 is 29.3 Å². The third kappa shape index (κ3) is 6.53. The van der Waals surface area contributed by atoms with Crippen LogP contribution in [0.15, 0.2) is 4.79 Å². The van der Waals surface area contributed by atoms with E-state index < -0.39 is 18.3 Å². The second kappa shape index (κ2) is 13.2. The number of fused-ring (bicyclic) bond motifs is 2. The van der Waals surface area contributed by atoms with Crippen LogP contribution in [-0.2, 0) is 28.9 Å². The van der Waals surface area contributed by atoms with Gasteiger partial charge in [0, 0.05) is 52.5 Å². The van der Waals surface area contributed by atoms with Gasteiger partial charge in [0.05, 0.1) is 30.9 Å². The van der Waals surface area contributed by atoms with E-state index in [-0.39, 0.29) is 52.3 Å². The average molecular weight is 643 g/mol. The number of alkyl halides is 3. The first-order chi connectivity index (χ1) is 20.6. The van der Waals surface area contributed by atoms with Crippen LogP contribution in [0.4, 0.5) is 8.78 Å². The summed E-state index contributed by atoms with van der Waals surface area (Å²) < 4.78 is 34.8. The third-order valence-corrected chi connectivity index (χ3v) is 12.9. The van der Waals surface area contributed by atoms with Gasteiger partial charge in [-0.05, 0) is 83.6 Å². The number of halogens is 3. The molecule has 2 N–H and O–H groups in total. The number of rotatable bonds is 8. The lowest BCUT2D eigenvalue weighted by Crippen LogP contribution is -2.57. The highest BCUT2D eigenvalue weighted by Crippen LogP contribution is 2.48. The molecule has 0 aromatic carbocycles. The quantitative estimate of drug-likeness (QED) is 0.412. The van der Waals surface area contributed by atoms with E-state index in [9.17, 15) is 23.5 Å². The van der Waals surface area contributed by atoms with Gasteiger partial charge in [-0.15, -0.1) is 11.6 Å². The fourth-order valence-electron chi connectivity index (χ4n) is 8.65. The van der Waals surface area contributed by atoms with Crippen molar-refractivity contribution < 1.29 is 23.4 Å². The van der Waals surface area contributed by atoms with Gasteiger partial charge in [0.25, 0.3) is 5.56 Å². The SMILES string of the molecule is Cc1nc2c(c(=O)n1CCOC1CCC(Cl)CC1C1CC(C)NC3C(C(=O)O)CSC13)C[C@H](N1CC[C@H](C(F)F)C1)CC2. The van der Waals surface area contributed by atoms with Crippen LogP contribution in [0.2, 0.25) is 0 Å². The molecule has 0 bridgehead atoms. The molecule has 4 fully saturated rings. The molecule has 1 aromatic heterocycles. The number of thioether (sulfide) groups is 1. The van der Waals surface area contributed by atoms with Crippen molar-refractivity contribution in [3.8, 4) is 0 Å². The largest absolute Gasteiger partial charge is 0.481 e. The third-order valence-electron chi connectivity index (χ3n) is 10.9. The molecule has 6 rings (SSSR count). The molecule has 1 aromatic rings. The Morgan fingerprint density at radius 3 is 2.79 bits per heavy atom. The Morgan fingerprint density at radius 1 is 1.23 bits per heavy atom. The molecular weight excluding hydrogens is 598 g/mol. The summed E-state index contributed by atoms with van der Waals surface area (Å²) >= 11 is 8.49. The topological polar surface area (TPSA) is 96.7 Å². The molecule has 5 aliphatic rings. The predicted molar refractivity (Wildman–Crippen MR) is 163 cm³/mol. The summed E-state index contributed by atoms with van der Waals surface area (Å²) in [5.74, 6) is 0.197. The summed E-state index contributed by atoms with van der Waals surface area (Å²) in [7, 11) is 0. The van der Waals surface area contributed by atoms with Gasteiger partial charge in [-0.1, -0.05) is 0 Å². The van der Waals surface area contributed by atoms with E-state index in [2.05, 4.69) is 17.1 Å². The minimum Gasteiger partial charge on any atom is -0.481 e. The summed E-state index contributed by atoms with van der Waals surface area (Å²) in [6, 6.07) is 0.299. The van der Waals surface area contributed by atoms with Crippen LogP contribution in [0.25, 0.3) is 0 Å². The van der Waals surface area contributed by atoms with Gasteiger partial charge in [-0.3, -0.25) is 19.1 Å². The molecule has 8 unspecified atom stereocenters. The van der Waals surface area contributed by atoms with Crippen LogP contribution in [0.3, 0.4) is 0 Å². The molecule has 0 radical (unpaired) electrons. The second-order valence-electron chi connectivity index (χ2n) is 13.5. The molecule has 0 spiro atoms. The molecule has 4 heterocycles. The van der Waals surface area contributed by atoms with Crippen molar-refractivity contribution in [2.45, 2.75) is 113 Å². The smallest absolute Gasteiger partial charge is 0.308 e. The first-order valence-corrected chi connectivity index (χ1v) is 17.6. The zero-order chi connectivity index (χ0) is 30.4. The molecule has 8 nitrogen and oxygen atoms in total. The Kier molecular flexibility index (Phi) is 9.75. The van der Waals surface area contributed by atoms with Crippen LogP contribution in [0, 0.1) is 30.6 Å². The second-order valence-corrected chi connectivity index (χ2v) is 15.4. The van der Waals surface area contributed by atoms with E-state index in [1.54, 1.807) is 16.3 Å². The molecule has 2 aliphatic carbocycles. The number of hydrogen-bond donors (Lipinski definition) is 2. The van der Waals surface area contributed by atoms with Crippen molar-refractivity contribution in [2.75, 3.05) is 25.4 Å². The van der Waals surface area contributed by atoms with Gasteiger partial charge in [0.2, 0.25) is 6.43 Å². The van der Waals surface area contributed by atoms with Gasteiger partial charge >= 0.3 is 5.97 Å². The summed E-state index contributed by atoms with van der Waals surface area (Å²) in [5.41, 5.74) is 1.55. The highest BCUT2D eigenvalue weighted by atomic mass is 35.5.